The first-order valence-electron chi connectivity index (χ1n) is 8.03. The van der Waals surface area contributed by atoms with E-state index in [0.717, 1.165) is 44.8 Å². The first-order valence-corrected chi connectivity index (χ1v) is 8.03. The van der Waals surface area contributed by atoms with E-state index in [4.69, 9.17) is 0 Å². The molecule has 1 amide bonds. The number of piperazine rings is 1. The molecule has 2 aliphatic heterocycles. The summed E-state index contributed by atoms with van der Waals surface area (Å²) in [5.74, 6) is 1.43. The van der Waals surface area contributed by atoms with E-state index >= 15 is 0 Å². The molecular formula is C16H22N4O. The van der Waals surface area contributed by atoms with Crippen LogP contribution in [0.1, 0.15) is 31.2 Å². The molecule has 3 heterocycles. The Balaban J connectivity index is 1.49. The van der Waals surface area contributed by atoms with Gasteiger partial charge in [-0.3, -0.25) is 4.79 Å². The van der Waals surface area contributed by atoms with E-state index in [1.807, 2.05) is 12.3 Å². The van der Waals surface area contributed by atoms with Crippen LogP contribution < -0.4 is 10.2 Å². The molecule has 3 aliphatic rings. The largest absolute Gasteiger partial charge is 0.353 e. The summed E-state index contributed by atoms with van der Waals surface area (Å²) >= 11 is 0. The second-order valence-electron chi connectivity index (χ2n) is 6.37. The molecule has 0 bridgehead atoms. The van der Waals surface area contributed by atoms with Crippen molar-refractivity contribution in [2.75, 3.05) is 24.5 Å². The lowest BCUT2D eigenvalue weighted by Gasteiger charge is -2.38. The Morgan fingerprint density at radius 1 is 1.29 bits per heavy atom. The first-order chi connectivity index (χ1) is 10.3. The van der Waals surface area contributed by atoms with Crippen LogP contribution in [0.15, 0.2) is 18.3 Å². The SMILES string of the molecule is O=C1CCC2CN(c3ncccc3CNC3CC3)CCN12. The molecule has 2 saturated heterocycles. The van der Waals surface area contributed by atoms with Gasteiger partial charge in [0.1, 0.15) is 5.82 Å². The molecule has 1 atom stereocenters. The molecule has 1 aromatic heterocycles. The minimum atomic E-state index is 0.330. The van der Waals surface area contributed by atoms with Crippen molar-refractivity contribution in [3.05, 3.63) is 23.9 Å². The quantitative estimate of drug-likeness (QED) is 0.902. The van der Waals surface area contributed by atoms with Crippen molar-refractivity contribution in [2.24, 2.45) is 0 Å². The molecule has 21 heavy (non-hydrogen) atoms. The summed E-state index contributed by atoms with van der Waals surface area (Å²) in [5, 5.41) is 3.57. The van der Waals surface area contributed by atoms with Crippen LogP contribution in [-0.2, 0) is 11.3 Å². The van der Waals surface area contributed by atoms with E-state index in [2.05, 4.69) is 26.2 Å². The number of carbonyl (C=O) groups excluding carboxylic acids is 1. The van der Waals surface area contributed by atoms with Gasteiger partial charge in [0.05, 0.1) is 0 Å². The third kappa shape index (κ3) is 2.62. The maximum Gasteiger partial charge on any atom is 0.223 e. The number of aromatic nitrogens is 1. The highest BCUT2D eigenvalue weighted by Gasteiger charge is 2.36. The third-order valence-corrected chi connectivity index (χ3v) is 4.82. The number of hydrogen-bond acceptors (Lipinski definition) is 4. The van der Waals surface area contributed by atoms with Crippen molar-refractivity contribution < 1.29 is 4.79 Å². The van der Waals surface area contributed by atoms with Gasteiger partial charge in [0.2, 0.25) is 5.91 Å². The van der Waals surface area contributed by atoms with E-state index in [1.54, 1.807) is 0 Å². The van der Waals surface area contributed by atoms with Crippen molar-refractivity contribution >= 4 is 11.7 Å². The van der Waals surface area contributed by atoms with Crippen LogP contribution in [0.5, 0.6) is 0 Å². The van der Waals surface area contributed by atoms with E-state index in [9.17, 15) is 4.79 Å². The molecule has 3 fully saturated rings. The Kier molecular flexibility index (Phi) is 3.30. The average molecular weight is 286 g/mol. The Morgan fingerprint density at radius 2 is 2.19 bits per heavy atom. The van der Waals surface area contributed by atoms with Crippen molar-refractivity contribution in [1.82, 2.24) is 15.2 Å². The normalized spacial score (nSPS) is 25.3. The second-order valence-corrected chi connectivity index (χ2v) is 6.37. The lowest BCUT2D eigenvalue weighted by Crippen LogP contribution is -2.52. The number of rotatable bonds is 4. The Morgan fingerprint density at radius 3 is 3.05 bits per heavy atom. The molecule has 1 aromatic rings. The van der Waals surface area contributed by atoms with Gasteiger partial charge < -0.3 is 15.1 Å². The third-order valence-electron chi connectivity index (χ3n) is 4.82. The van der Waals surface area contributed by atoms with Crippen LogP contribution in [-0.4, -0.2) is 47.5 Å². The van der Waals surface area contributed by atoms with Crippen LogP contribution in [0.3, 0.4) is 0 Å². The standard InChI is InChI=1S/C16H22N4O/c21-15-6-5-14-11-19(8-9-20(14)15)16-12(2-1-7-17-16)10-18-13-3-4-13/h1-2,7,13-14,18H,3-6,8-11H2. The Hall–Kier alpha value is -1.62. The van der Waals surface area contributed by atoms with Crippen molar-refractivity contribution in [3.8, 4) is 0 Å². The van der Waals surface area contributed by atoms with Crippen LogP contribution >= 0.6 is 0 Å². The zero-order chi connectivity index (χ0) is 14.2. The summed E-state index contributed by atoms with van der Waals surface area (Å²) in [6.07, 6.45) is 6.20. The summed E-state index contributed by atoms with van der Waals surface area (Å²) in [4.78, 5) is 20.8. The molecule has 112 valence electrons. The average Bonchev–Trinajstić information content (AvgIpc) is 3.28. The van der Waals surface area contributed by atoms with E-state index in [-0.39, 0.29) is 0 Å². The van der Waals surface area contributed by atoms with Crippen molar-refractivity contribution in [3.63, 3.8) is 0 Å². The van der Waals surface area contributed by atoms with Gasteiger partial charge in [-0.15, -0.1) is 0 Å². The molecule has 1 aliphatic carbocycles. The number of amides is 1. The van der Waals surface area contributed by atoms with Gasteiger partial charge in [0, 0.05) is 56.4 Å². The molecule has 0 aromatic carbocycles. The highest BCUT2D eigenvalue weighted by Crippen LogP contribution is 2.27. The number of hydrogen-bond donors (Lipinski definition) is 1. The van der Waals surface area contributed by atoms with Crippen LogP contribution in [0.2, 0.25) is 0 Å². The Bertz CT molecular complexity index is 543. The van der Waals surface area contributed by atoms with Crippen molar-refractivity contribution in [2.45, 2.75) is 44.3 Å². The summed E-state index contributed by atoms with van der Waals surface area (Å²) < 4.78 is 0. The molecule has 5 nitrogen and oxygen atoms in total. The summed E-state index contributed by atoms with van der Waals surface area (Å²) in [6.45, 7) is 3.57. The summed E-state index contributed by atoms with van der Waals surface area (Å²) in [7, 11) is 0. The lowest BCUT2D eigenvalue weighted by atomic mass is 10.1. The molecule has 4 rings (SSSR count). The van der Waals surface area contributed by atoms with Gasteiger partial charge in [-0.25, -0.2) is 4.98 Å². The summed E-state index contributed by atoms with van der Waals surface area (Å²) in [6, 6.07) is 5.28. The molecule has 1 N–H and O–H groups in total. The molecule has 1 unspecified atom stereocenters. The monoisotopic (exact) mass is 286 g/mol. The maximum atomic E-state index is 11.8. The second kappa shape index (κ2) is 5.30. The van der Waals surface area contributed by atoms with Gasteiger partial charge in [-0.05, 0) is 25.3 Å². The molecule has 5 heteroatoms. The zero-order valence-corrected chi connectivity index (χ0v) is 12.3. The number of fused-ring (bicyclic) bond motifs is 1. The van der Waals surface area contributed by atoms with Crippen molar-refractivity contribution in [1.29, 1.82) is 0 Å². The molecular weight excluding hydrogens is 264 g/mol. The van der Waals surface area contributed by atoms with Gasteiger partial charge in [-0.2, -0.15) is 0 Å². The molecule has 0 spiro atoms. The van der Waals surface area contributed by atoms with E-state index < -0.39 is 0 Å². The minimum Gasteiger partial charge on any atom is -0.353 e. The van der Waals surface area contributed by atoms with Gasteiger partial charge >= 0.3 is 0 Å². The number of anilines is 1. The predicted molar refractivity (Wildman–Crippen MR) is 81.0 cm³/mol. The van der Waals surface area contributed by atoms with Crippen LogP contribution in [0.4, 0.5) is 5.82 Å². The summed E-state index contributed by atoms with van der Waals surface area (Å²) in [5.41, 5.74) is 1.28. The first kappa shape index (κ1) is 13.1. The van der Waals surface area contributed by atoms with Gasteiger partial charge in [0.15, 0.2) is 0 Å². The number of nitrogens with one attached hydrogen (secondary N) is 1. The maximum absolute atomic E-state index is 11.8. The number of nitrogens with zero attached hydrogens (tertiary/aromatic N) is 3. The molecule has 1 saturated carbocycles. The van der Waals surface area contributed by atoms with Gasteiger partial charge in [0.25, 0.3) is 0 Å². The van der Waals surface area contributed by atoms with Crippen LogP contribution in [0.25, 0.3) is 0 Å². The van der Waals surface area contributed by atoms with E-state index in [1.165, 1.54) is 18.4 Å². The highest BCUT2D eigenvalue weighted by atomic mass is 16.2. The van der Waals surface area contributed by atoms with E-state index in [0.29, 0.717) is 18.0 Å². The fourth-order valence-corrected chi connectivity index (χ4v) is 3.45. The molecule has 0 radical (unpaired) electrons. The Labute approximate surface area is 125 Å². The highest BCUT2D eigenvalue weighted by molar-refractivity contribution is 5.79. The minimum absolute atomic E-state index is 0.330. The fraction of sp³-hybridized carbons (Fsp3) is 0.625. The number of pyridine rings is 1. The smallest absolute Gasteiger partial charge is 0.223 e. The van der Waals surface area contributed by atoms with Crippen LogP contribution in [0, 0.1) is 0 Å². The zero-order valence-electron chi connectivity index (χ0n) is 12.3. The predicted octanol–water partition coefficient (Wildman–Crippen LogP) is 1.14. The number of carbonyl (C=O) groups is 1. The topological polar surface area (TPSA) is 48.5 Å². The lowest BCUT2D eigenvalue weighted by molar-refractivity contribution is -0.129. The van der Waals surface area contributed by atoms with Gasteiger partial charge in [-0.1, -0.05) is 6.07 Å². The fourth-order valence-electron chi connectivity index (χ4n) is 3.45.